The van der Waals surface area contributed by atoms with E-state index in [0.29, 0.717) is 43.1 Å². The van der Waals surface area contributed by atoms with Gasteiger partial charge in [0.1, 0.15) is 5.69 Å². The number of nitro groups is 1. The molecular weight excluding hydrogens is 456 g/mol. The van der Waals surface area contributed by atoms with Gasteiger partial charge in [-0.15, -0.1) is 0 Å². The molecule has 0 radical (unpaired) electrons. The van der Waals surface area contributed by atoms with Crippen LogP contribution in [0.4, 0.5) is 17.1 Å². The van der Waals surface area contributed by atoms with Crippen molar-refractivity contribution in [2.24, 2.45) is 0 Å². The Labute approximate surface area is 198 Å². The Balaban J connectivity index is 1.43. The molecule has 0 saturated carbocycles. The van der Waals surface area contributed by atoms with Gasteiger partial charge in [0.05, 0.1) is 15.5 Å². The van der Waals surface area contributed by atoms with Crippen molar-refractivity contribution in [3.8, 4) is 0 Å². The molecule has 0 bridgehead atoms. The number of para-hydroxylation sites is 3. The van der Waals surface area contributed by atoms with Crippen LogP contribution in [0.25, 0.3) is 0 Å². The third-order valence-electron chi connectivity index (χ3n) is 5.87. The standard InChI is InChI=1S/C24H24N4O5S/c1-25(20-7-3-2-4-8-20)34(32,33)21-13-11-19(12-14-21)24(29)27-17-15-26(16-18-27)22-9-5-6-10-23(22)28(30)31/h2-14H,15-18H2,1H3. The second-order valence-electron chi connectivity index (χ2n) is 7.86. The van der Waals surface area contributed by atoms with Crippen molar-refractivity contribution in [3.63, 3.8) is 0 Å². The fourth-order valence-corrected chi connectivity index (χ4v) is 5.12. The van der Waals surface area contributed by atoms with Crippen LogP contribution in [0.3, 0.4) is 0 Å². The van der Waals surface area contributed by atoms with Crippen molar-refractivity contribution in [2.75, 3.05) is 42.4 Å². The zero-order chi connectivity index (χ0) is 24.3. The van der Waals surface area contributed by atoms with Gasteiger partial charge in [-0.3, -0.25) is 19.2 Å². The van der Waals surface area contributed by atoms with Crippen molar-refractivity contribution in [2.45, 2.75) is 4.90 Å². The number of hydrogen-bond acceptors (Lipinski definition) is 6. The van der Waals surface area contributed by atoms with Crippen molar-refractivity contribution in [3.05, 3.63) is 94.5 Å². The zero-order valence-electron chi connectivity index (χ0n) is 18.6. The van der Waals surface area contributed by atoms with E-state index in [9.17, 15) is 23.3 Å². The lowest BCUT2D eigenvalue weighted by molar-refractivity contribution is -0.384. The average Bonchev–Trinajstić information content (AvgIpc) is 2.88. The highest BCUT2D eigenvalue weighted by molar-refractivity contribution is 7.92. The lowest BCUT2D eigenvalue weighted by atomic mass is 10.1. The highest BCUT2D eigenvalue weighted by Gasteiger charge is 2.27. The van der Waals surface area contributed by atoms with Crippen molar-refractivity contribution in [1.82, 2.24) is 4.90 Å². The van der Waals surface area contributed by atoms with Crippen LogP contribution in [0.15, 0.2) is 83.8 Å². The summed E-state index contributed by atoms with van der Waals surface area (Å²) in [6, 6.07) is 21.2. The minimum atomic E-state index is -3.76. The summed E-state index contributed by atoms with van der Waals surface area (Å²) < 4.78 is 27.1. The van der Waals surface area contributed by atoms with Gasteiger partial charge in [-0.1, -0.05) is 30.3 Å². The molecule has 3 aromatic rings. The summed E-state index contributed by atoms with van der Waals surface area (Å²) in [5.74, 6) is -0.206. The summed E-state index contributed by atoms with van der Waals surface area (Å²) in [5.41, 5.74) is 1.51. The minimum absolute atomic E-state index is 0.0412. The lowest BCUT2D eigenvalue weighted by Crippen LogP contribution is -2.49. The van der Waals surface area contributed by atoms with E-state index in [4.69, 9.17) is 0 Å². The molecule has 0 unspecified atom stereocenters. The summed E-state index contributed by atoms with van der Waals surface area (Å²) in [6.07, 6.45) is 0. The van der Waals surface area contributed by atoms with Crippen LogP contribution < -0.4 is 9.21 Å². The number of hydrogen-bond donors (Lipinski definition) is 0. The van der Waals surface area contributed by atoms with Crippen LogP contribution >= 0.6 is 0 Å². The molecule has 1 saturated heterocycles. The molecule has 0 atom stereocenters. The quantitative estimate of drug-likeness (QED) is 0.396. The van der Waals surface area contributed by atoms with Crippen LogP contribution in [-0.4, -0.2) is 57.4 Å². The molecule has 3 aromatic carbocycles. The van der Waals surface area contributed by atoms with E-state index in [1.54, 1.807) is 47.4 Å². The number of amides is 1. The second kappa shape index (κ2) is 9.52. The van der Waals surface area contributed by atoms with Crippen LogP contribution in [0.1, 0.15) is 10.4 Å². The van der Waals surface area contributed by atoms with Crippen molar-refractivity contribution in [1.29, 1.82) is 0 Å². The molecule has 0 spiro atoms. The maximum Gasteiger partial charge on any atom is 0.292 e. The lowest BCUT2D eigenvalue weighted by Gasteiger charge is -2.35. The van der Waals surface area contributed by atoms with Crippen LogP contribution in [0.5, 0.6) is 0 Å². The molecule has 0 aliphatic carbocycles. The first kappa shape index (κ1) is 23.2. The number of benzene rings is 3. The van der Waals surface area contributed by atoms with E-state index in [0.717, 1.165) is 0 Å². The topological polar surface area (TPSA) is 104 Å². The van der Waals surface area contributed by atoms with E-state index >= 15 is 0 Å². The number of nitrogens with zero attached hydrogens (tertiary/aromatic N) is 4. The van der Waals surface area contributed by atoms with E-state index in [1.165, 1.54) is 41.7 Å². The Morgan fingerprint density at radius 3 is 2.09 bits per heavy atom. The van der Waals surface area contributed by atoms with Crippen LogP contribution in [-0.2, 0) is 10.0 Å². The van der Waals surface area contributed by atoms with Crippen LogP contribution in [0.2, 0.25) is 0 Å². The highest BCUT2D eigenvalue weighted by Crippen LogP contribution is 2.28. The maximum absolute atomic E-state index is 13.0. The molecule has 176 valence electrons. The van der Waals surface area contributed by atoms with Crippen LogP contribution in [0, 0.1) is 10.1 Å². The molecule has 1 amide bonds. The second-order valence-corrected chi connectivity index (χ2v) is 9.83. The summed E-state index contributed by atoms with van der Waals surface area (Å²) in [7, 11) is -2.28. The Morgan fingerprint density at radius 2 is 1.47 bits per heavy atom. The maximum atomic E-state index is 13.0. The van der Waals surface area contributed by atoms with Gasteiger partial charge < -0.3 is 9.80 Å². The third kappa shape index (κ3) is 4.58. The van der Waals surface area contributed by atoms with E-state index in [-0.39, 0.29) is 16.5 Å². The first-order chi connectivity index (χ1) is 16.3. The molecule has 1 fully saturated rings. The van der Waals surface area contributed by atoms with Gasteiger partial charge in [-0.25, -0.2) is 8.42 Å². The number of carbonyl (C=O) groups excluding carboxylic acids is 1. The zero-order valence-corrected chi connectivity index (χ0v) is 19.4. The summed E-state index contributed by atoms with van der Waals surface area (Å²) >= 11 is 0. The predicted molar refractivity (Wildman–Crippen MR) is 130 cm³/mol. The predicted octanol–water partition coefficient (Wildman–Crippen LogP) is 3.38. The van der Waals surface area contributed by atoms with Gasteiger partial charge in [0, 0.05) is 44.9 Å². The van der Waals surface area contributed by atoms with E-state index in [1.807, 2.05) is 11.0 Å². The molecule has 1 aliphatic rings. The molecule has 1 aliphatic heterocycles. The number of piperazine rings is 1. The summed E-state index contributed by atoms with van der Waals surface area (Å²) in [5, 5.41) is 11.3. The van der Waals surface area contributed by atoms with Gasteiger partial charge >= 0.3 is 0 Å². The molecule has 1 heterocycles. The van der Waals surface area contributed by atoms with Crippen molar-refractivity contribution >= 4 is 33.0 Å². The van der Waals surface area contributed by atoms with E-state index < -0.39 is 14.9 Å². The Kier molecular flexibility index (Phi) is 6.51. The number of anilines is 2. The van der Waals surface area contributed by atoms with Crippen molar-refractivity contribution < 1.29 is 18.1 Å². The highest BCUT2D eigenvalue weighted by atomic mass is 32.2. The van der Waals surface area contributed by atoms with E-state index in [2.05, 4.69) is 0 Å². The number of nitro benzene ring substituents is 1. The Morgan fingerprint density at radius 1 is 0.882 bits per heavy atom. The van der Waals surface area contributed by atoms with Gasteiger partial charge in [0.25, 0.3) is 21.6 Å². The smallest absolute Gasteiger partial charge is 0.292 e. The Bertz CT molecular complexity index is 1290. The van der Waals surface area contributed by atoms with Gasteiger partial charge in [0.15, 0.2) is 0 Å². The minimum Gasteiger partial charge on any atom is -0.362 e. The first-order valence-electron chi connectivity index (χ1n) is 10.7. The summed E-state index contributed by atoms with van der Waals surface area (Å²) in [6.45, 7) is 1.74. The first-order valence-corrected chi connectivity index (χ1v) is 12.1. The average molecular weight is 481 g/mol. The van der Waals surface area contributed by atoms with Gasteiger partial charge in [-0.2, -0.15) is 0 Å². The SMILES string of the molecule is CN(c1ccccc1)S(=O)(=O)c1ccc(C(=O)N2CCN(c3ccccc3[N+](=O)[O-])CC2)cc1. The monoisotopic (exact) mass is 480 g/mol. The fraction of sp³-hybridized carbons (Fsp3) is 0.208. The molecule has 10 heteroatoms. The summed E-state index contributed by atoms with van der Waals surface area (Å²) in [4.78, 5) is 27.5. The van der Waals surface area contributed by atoms with Gasteiger partial charge in [0.2, 0.25) is 0 Å². The molecule has 0 aromatic heterocycles. The molecule has 9 nitrogen and oxygen atoms in total. The normalized spacial score (nSPS) is 14.0. The molecule has 0 N–H and O–H groups in total. The molecular formula is C24H24N4O5S. The number of carbonyl (C=O) groups is 1. The van der Waals surface area contributed by atoms with Gasteiger partial charge in [-0.05, 0) is 42.5 Å². The number of sulfonamides is 1. The third-order valence-corrected chi connectivity index (χ3v) is 7.67. The molecule has 4 rings (SSSR count). The largest absolute Gasteiger partial charge is 0.362 e. The number of rotatable bonds is 6. The molecule has 34 heavy (non-hydrogen) atoms. The Hall–Kier alpha value is -3.92. The fourth-order valence-electron chi connectivity index (χ4n) is 3.92.